The van der Waals surface area contributed by atoms with Crippen molar-refractivity contribution < 1.29 is 0 Å². The Labute approximate surface area is 62.8 Å². The summed E-state index contributed by atoms with van der Waals surface area (Å²) in [7, 11) is 0. The third-order valence-electron chi connectivity index (χ3n) is 1.36. The maximum absolute atomic E-state index is 8.43. The smallest absolute Gasteiger partial charge is 0.0959 e. The number of nitriles is 1. The van der Waals surface area contributed by atoms with Crippen molar-refractivity contribution in [3.8, 4) is 6.07 Å². The lowest BCUT2D eigenvalue weighted by atomic mass is 10.3. The van der Waals surface area contributed by atoms with Crippen molar-refractivity contribution >= 4 is 0 Å². The Kier molecular flexibility index (Phi) is 4.39. The van der Waals surface area contributed by atoms with Crippen LogP contribution in [0.25, 0.3) is 0 Å². The van der Waals surface area contributed by atoms with Gasteiger partial charge >= 0.3 is 0 Å². The number of hydrogen-bond donors (Lipinski definition) is 0. The fraction of sp³-hybridized carbons (Fsp3) is 0.625. The van der Waals surface area contributed by atoms with Crippen molar-refractivity contribution in [2.24, 2.45) is 0 Å². The third kappa shape index (κ3) is 3.13. The summed E-state index contributed by atoms with van der Waals surface area (Å²) >= 11 is 0. The first-order valence-electron chi connectivity index (χ1n) is 3.57. The molecule has 0 spiro atoms. The molecule has 0 saturated carbocycles. The van der Waals surface area contributed by atoms with E-state index in [1.165, 1.54) is 0 Å². The number of hydrogen-bond acceptors (Lipinski definition) is 2. The largest absolute Gasteiger partial charge is 0.377 e. The van der Waals surface area contributed by atoms with Gasteiger partial charge in [-0.05, 0) is 20.8 Å². The van der Waals surface area contributed by atoms with E-state index in [2.05, 4.69) is 24.8 Å². The van der Waals surface area contributed by atoms with Crippen molar-refractivity contribution in [1.82, 2.24) is 4.90 Å². The maximum atomic E-state index is 8.43. The van der Waals surface area contributed by atoms with Crippen LogP contribution < -0.4 is 0 Å². The summed E-state index contributed by atoms with van der Waals surface area (Å²) in [6.45, 7) is 7.90. The van der Waals surface area contributed by atoms with Crippen LogP contribution in [-0.4, -0.2) is 18.0 Å². The van der Waals surface area contributed by atoms with Crippen molar-refractivity contribution in [2.75, 3.05) is 13.1 Å². The Balaban J connectivity index is 3.96. The van der Waals surface area contributed by atoms with E-state index in [-0.39, 0.29) is 0 Å². The van der Waals surface area contributed by atoms with Crippen LogP contribution in [0, 0.1) is 11.3 Å². The average molecular weight is 138 g/mol. The summed E-state index contributed by atoms with van der Waals surface area (Å²) in [5.74, 6) is 0. The standard InChI is InChI=1S/C8H14N2/c1-4-10(5-2)7-8(3)6-9/h7H,4-5H2,1-3H3. The summed E-state index contributed by atoms with van der Waals surface area (Å²) in [6, 6.07) is 2.08. The van der Waals surface area contributed by atoms with Crippen LogP contribution in [-0.2, 0) is 0 Å². The van der Waals surface area contributed by atoms with Gasteiger partial charge < -0.3 is 4.90 Å². The number of nitrogens with zero attached hydrogens (tertiary/aromatic N) is 2. The van der Waals surface area contributed by atoms with Crippen molar-refractivity contribution in [1.29, 1.82) is 5.26 Å². The zero-order valence-corrected chi connectivity index (χ0v) is 6.89. The quantitative estimate of drug-likeness (QED) is 0.555. The van der Waals surface area contributed by atoms with E-state index in [1.54, 1.807) is 0 Å². The van der Waals surface area contributed by atoms with Gasteiger partial charge in [0, 0.05) is 24.9 Å². The molecule has 0 bridgehead atoms. The van der Waals surface area contributed by atoms with Gasteiger partial charge in [0.15, 0.2) is 0 Å². The van der Waals surface area contributed by atoms with E-state index in [9.17, 15) is 0 Å². The molecule has 2 nitrogen and oxygen atoms in total. The van der Waals surface area contributed by atoms with Gasteiger partial charge in [-0.25, -0.2) is 0 Å². The minimum atomic E-state index is 0.767. The molecule has 0 aliphatic carbocycles. The molecule has 0 N–H and O–H groups in total. The highest BCUT2D eigenvalue weighted by atomic mass is 15.1. The predicted molar refractivity (Wildman–Crippen MR) is 42.3 cm³/mol. The molecule has 0 aromatic heterocycles. The zero-order valence-electron chi connectivity index (χ0n) is 6.89. The Morgan fingerprint density at radius 2 is 2.00 bits per heavy atom. The first kappa shape index (κ1) is 9.03. The van der Waals surface area contributed by atoms with E-state index < -0.39 is 0 Å². The lowest BCUT2D eigenvalue weighted by molar-refractivity contribution is 0.417. The van der Waals surface area contributed by atoms with Gasteiger partial charge in [-0.15, -0.1) is 0 Å². The Morgan fingerprint density at radius 3 is 2.30 bits per heavy atom. The van der Waals surface area contributed by atoms with Crippen LogP contribution in [0.3, 0.4) is 0 Å². The van der Waals surface area contributed by atoms with E-state index in [0.29, 0.717) is 0 Å². The number of allylic oxidation sites excluding steroid dienone is 1. The van der Waals surface area contributed by atoms with Crippen LogP contribution in [0.5, 0.6) is 0 Å². The summed E-state index contributed by atoms with van der Waals surface area (Å²) < 4.78 is 0. The molecule has 0 heterocycles. The molecule has 0 radical (unpaired) electrons. The average Bonchev–Trinajstić information content (AvgIpc) is 1.99. The van der Waals surface area contributed by atoms with Crippen LogP contribution in [0.1, 0.15) is 20.8 Å². The SMILES string of the molecule is CCN(C=C(C)C#N)CC. The number of rotatable bonds is 3. The van der Waals surface area contributed by atoms with Crippen molar-refractivity contribution in [3.05, 3.63) is 11.8 Å². The summed E-state index contributed by atoms with van der Waals surface area (Å²) in [4.78, 5) is 2.10. The first-order chi connectivity index (χ1) is 4.74. The molecule has 0 aliphatic rings. The molecular weight excluding hydrogens is 124 g/mol. The highest BCUT2D eigenvalue weighted by Gasteiger charge is 1.91. The normalized spacial score (nSPS) is 10.8. The second kappa shape index (κ2) is 4.87. The van der Waals surface area contributed by atoms with Gasteiger partial charge in [0.05, 0.1) is 6.07 Å². The lowest BCUT2D eigenvalue weighted by Crippen LogP contribution is -2.15. The highest BCUT2D eigenvalue weighted by molar-refractivity contribution is 5.16. The summed E-state index contributed by atoms with van der Waals surface area (Å²) in [6.07, 6.45) is 1.89. The molecule has 0 unspecified atom stereocenters. The molecule has 2 heteroatoms. The lowest BCUT2D eigenvalue weighted by Gasteiger charge is -2.14. The van der Waals surface area contributed by atoms with Gasteiger partial charge in [0.2, 0.25) is 0 Å². The van der Waals surface area contributed by atoms with Gasteiger partial charge in [0.1, 0.15) is 0 Å². The van der Waals surface area contributed by atoms with E-state index in [0.717, 1.165) is 18.7 Å². The van der Waals surface area contributed by atoms with Gasteiger partial charge in [-0.2, -0.15) is 5.26 Å². The molecule has 0 aromatic rings. The fourth-order valence-electron chi connectivity index (χ4n) is 0.709. The minimum Gasteiger partial charge on any atom is -0.377 e. The predicted octanol–water partition coefficient (Wildman–Crippen LogP) is 1.76. The molecule has 0 aliphatic heterocycles. The topological polar surface area (TPSA) is 27.0 Å². The molecule has 0 amide bonds. The summed E-state index contributed by atoms with van der Waals surface area (Å²) in [5.41, 5.74) is 0.767. The monoisotopic (exact) mass is 138 g/mol. The van der Waals surface area contributed by atoms with Crippen LogP contribution in [0.15, 0.2) is 11.8 Å². The Hall–Kier alpha value is -0.970. The van der Waals surface area contributed by atoms with E-state index >= 15 is 0 Å². The van der Waals surface area contributed by atoms with Gasteiger partial charge in [0.25, 0.3) is 0 Å². The fourth-order valence-corrected chi connectivity index (χ4v) is 0.709. The first-order valence-corrected chi connectivity index (χ1v) is 3.57. The second-order valence-electron chi connectivity index (χ2n) is 2.15. The molecule has 10 heavy (non-hydrogen) atoms. The zero-order chi connectivity index (χ0) is 7.98. The Bertz CT molecular complexity index is 149. The molecule has 0 rings (SSSR count). The molecule has 0 saturated heterocycles. The molecular formula is C8H14N2. The molecule has 0 fully saturated rings. The van der Waals surface area contributed by atoms with E-state index in [1.807, 2.05) is 13.1 Å². The van der Waals surface area contributed by atoms with Gasteiger partial charge in [-0.1, -0.05) is 0 Å². The highest BCUT2D eigenvalue weighted by Crippen LogP contribution is 1.94. The minimum absolute atomic E-state index is 0.767. The van der Waals surface area contributed by atoms with E-state index in [4.69, 9.17) is 5.26 Å². The molecule has 0 aromatic carbocycles. The second-order valence-corrected chi connectivity index (χ2v) is 2.15. The van der Waals surface area contributed by atoms with Crippen LogP contribution in [0.4, 0.5) is 0 Å². The summed E-state index contributed by atoms with van der Waals surface area (Å²) in [5, 5.41) is 8.43. The van der Waals surface area contributed by atoms with Crippen molar-refractivity contribution in [3.63, 3.8) is 0 Å². The van der Waals surface area contributed by atoms with Crippen LogP contribution >= 0.6 is 0 Å². The maximum Gasteiger partial charge on any atom is 0.0959 e. The third-order valence-corrected chi connectivity index (χ3v) is 1.36. The molecule has 0 atom stereocenters. The molecule has 56 valence electrons. The van der Waals surface area contributed by atoms with Gasteiger partial charge in [-0.3, -0.25) is 0 Å². The Morgan fingerprint density at radius 1 is 1.50 bits per heavy atom. The van der Waals surface area contributed by atoms with Crippen molar-refractivity contribution in [2.45, 2.75) is 20.8 Å². The van der Waals surface area contributed by atoms with Crippen LogP contribution in [0.2, 0.25) is 0 Å².